The summed E-state index contributed by atoms with van der Waals surface area (Å²) in [6, 6.07) is 5.14. The van der Waals surface area contributed by atoms with Crippen LogP contribution in [0.15, 0.2) is 24.3 Å². The van der Waals surface area contributed by atoms with E-state index in [9.17, 15) is 17.6 Å². The molecule has 0 radical (unpaired) electrons. The van der Waals surface area contributed by atoms with Gasteiger partial charge < -0.3 is 5.73 Å². The SMILES string of the molecule is CC(C)[C@H]1CN(CC(N)=O)C[C@@H]1NS(=O)(=O)Cc1ccc(F)cc1.Cl. The Labute approximate surface area is 154 Å². The Morgan fingerprint density at radius 2 is 1.92 bits per heavy atom. The number of nitrogens with zero attached hydrogens (tertiary/aromatic N) is 1. The van der Waals surface area contributed by atoms with E-state index in [0.717, 1.165) is 0 Å². The van der Waals surface area contributed by atoms with E-state index in [2.05, 4.69) is 4.72 Å². The molecule has 2 rings (SSSR count). The minimum absolute atomic E-state index is 0. The zero-order valence-electron chi connectivity index (χ0n) is 14.3. The molecule has 0 aromatic heterocycles. The molecule has 142 valence electrons. The molecule has 6 nitrogen and oxygen atoms in total. The summed E-state index contributed by atoms with van der Waals surface area (Å²) in [7, 11) is -3.56. The summed E-state index contributed by atoms with van der Waals surface area (Å²) < 4.78 is 40.5. The van der Waals surface area contributed by atoms with Crippen LogP contribution in [0, 0.1) is 17.7 Å². The topological polar surface area (TPSA) is 92.5 Å². The van der Waals surface area contributed by atoms with Crippen LogP contribution in [0.2, 0.25) is 0 Å². The molecule has 0 aliphatic carbocycles. The Morgan fingerprint density at radius 1 is 1.32 bits per heavy atom. The number of carbonyl (C=O) groups excluding carboxylic acids is 1. The molecule has 1 amide bonds. The van der Waals surface area contributed by atoms with E-state index in [1.54, 1.807) is 0 Å². The number of sulfonamides is 1. The molecule has 2 atom stereocenters. The number of primary amides is 1. The van der Waals surface area contributed by atoms with Crippen LogP contribution >= 0.6 is 12.4 Å². The average Bonchev–Trinajstić information content (AvgIpc) is 2.82. The van der Waals surface area contributed by atoms with Crippen LogP contribution in [0.3, 0.4) is 0 Å². The lowest BCUT2D eigenvalue weighted by molar-refractivity contribution is -0.118. The molecule has 1 fully saturated rings. The number of amides is 1. The molecule has 0 spiro atoms. The van der Waals surface area contributed by atoms with Crippen molar-refractivity contribution in [1.29, 1.82) is 0 Å². The molecule has 0 unspecified atom stereocenters. The fraction of sp³-hybridized carbons (Fsp3) is 0.562. The molecule has 1 saturated heterocycles. The van der Waals surface area contributed by atoms with E-state index in [1.807, 2.05) is 18.7 Å². The highest BCUT2D eigenvalue weighted by Crippen LogP contribution is 2.25. The Bertz CT molecular complexity index is 682. The van der Waals surface area contributed by atoms with Crippen LogP contribution < -0.4 is 10.5 Å². The predicted octanol–water partition coefficient (Wildman–Crippen LogP) is 1.11. The van der Waals surface area contributed by atoms with Gasteiger partial charge >= 0.3 is 0 Å². The van der Waals surface area contributed by atoms with Gasteiger partial charge in [-0.15, -0.1) is 12.4 Å². The van der Waals surface area contributed by atoms with Gasteiger partial charge in [-0.05, 0) is 29.5 Å². The molecule has 25 heavy (non-hydrogen) atoms. The second-order valence-electron chi connectivity index (χ2n) is 6.68. The number of halogens is 2. The number of nitrogens with two attached hydrogens (primary N) is 1. The van der Waals surface area contributed by atoms with Gasteiger partial charge in [0.25, 0.3) is 0 Å². The Hall–Kier alpha value is -1.22. The summed E-state index contributed by atoms with van der Waals surface area (Å²) in [6.45, 7) is 5.26. The van der Waals surface area contributed by atoms with E-state index < -0.39 is 21.7 Å². The maximum absolute atomic E-state index is 12.9. The standard InChI is InChI=1S/C16H24FN3O3S.ClH/c1-11(2)14-7-20(9-16(18)21)8-15(14)19-24(22,23)10-12-3-5-13(17)6-4-12;/h3-6,11,14-15,19H,7-10H2,1-2H3,(H2,18,21);1H/t14-,15+;/m1./s1. The molecule has 0 saturated carbocycles. The Balaban J connectivity index is 0.00000312. The Kier molecular flexibility index (Phi) is 7.80. The van der Waals surface area contributed by atoms with E-state index in [-0.39, 0.29) is 42.6 Å². The van der Waals surface area contributed by atoms with Crippen LogP contribution in [0.5, 0.6) is 0 Å². The van der Waals surface area contributed by atoms with Crippen molar-refractivity contribution >= 4 is 28.3 Å². The molecule has 1 heterocycles. The van der Waals surface area contributed by atoms with Gasteiger partial charge in [-0.2, -0.15) is 0 Å². The summed E-state index contributed by atoms with van der Waals surface area (Å²) in [5, 5.41) is 0. The van der Waals surface area contributed by atoms with Crippen molar-refractivity contribution in [3.05, 3.63) is 35.6 Å². The van der Waals surface area contributed by atoms with Crippen molar-refractivity contribution in [1.82, 2.24) is 9.62 Å². The van der Waals surface area contributed by atoms with Crippen molar-refractivity contribution < 1.29 is 17.6 Å². The largest absolute Gasteiger partial charge is 0.369 e. The quantitative estimate of drug-likeness (QED) is 0.725. The lowest BCUT2D eigenvalue weighted by Crippen LogP contribution is -2.42. The number of benzene rings is 1. The molecule has 3 N–H and O–H groups in total. The maximum Gasteiger partial charge on any atom is 0.231 e. The molecule has 1 aromatic carbocycles. The van der Waals surface area contributed by atoms with Gasteiger partial charge in [0.2, 0.25) is 15.9 Å². The van der Waals surface area contributed by atoms with Crippen LogP contribution in [-0.2, 0) is 20.6 Å². The molecule has 1 aromatic rings. The molecule has 1 aliphatic rings. The zero-order chi connectivity index (χ0) is 17.9. The van der Waals surface area contributed by atoms with Crippen molar-refractivity contribution in [3.63, 3.8) is 0 Å². The summed E-state index contributed by atoms with van der Waals surface area (Å²) in [5.41, 5.74) is 5.76. The maximum atomic E-state index is 12.9. The van der Waals surface area contributed by atoms with Gasteiger partial charge in [0.1, 0.15) is 5.82 Å². The number of rotatable bonds is 7. The molecule has 9 heteroatoms. The third-order valence-electron chi connectivity index (χ3n) is 4.28. The second kappa shape index (κ2) is 8.93. The van der Waals surface area contributed by atoms with E-state index >= 15 is 0 Å². The van der Waals surface area contributed by atoms with Crippen LogP contribution in [0.25, 0.3) is 0 Å². The van der Waals surface area contributed by atoms with Crippen LogP contribution in [0.4, 0.5) is 4.39 Å². The number of likely N-dealkylation sites (tertiary alicyclic amines) is 1. The molecular weight excluding hydrogens is 369 g/mol. The fourth-order valence-corrected chi connectivity index (χ4v) is 4.56. The molecule has 0 bridgehead atoms. The first kappa shape index (κ1) is 21.8. The number of hydrogen-bond donors (Lipinski definition) is 2. The normalized spacial score (nSPS) is 21.3. The van der Waals surface area contributed by atoms with Crippen molar-refractivity contribution in [2.75, 3.05) is 19.6 Å². The first-order valence-corrected chi connectivity index (χ1v) is 9.56. The lowest BCUT2D eigenvalue weighted by Gasteiger charge is -2.22. The predicted molar refractivity (Wildman–Crippen MR) is 97.2 cm³/mol. The highest BCUT2D eigenvalue weighted by molar-refractivity contribution is 7.88. The van der Waals surface area contributed by atoms with Gasteiger partial charge in [0.05, 0.1) is 12.3 Å². The van der Waals surface area contributed by atoms with E-state index in [0.29, 0.717) is 18.7 Å². The van der Waals surface area contributed by atoms with Gasteiger partial charge in [0.15, 0.2) is 0 Å². The third kappa shape index (κ3) is 6.54. The van der Waals surface area contributed by atoms with E-state index in [1.165, 1.54) is 24.3 Å². The number of hydrogen-bond acceptors (Lipinski definition) is 4. The van der Waals surface area contributed by atoms with Gasteiger partial charge in [0, 0.05) is 19.1 Å². The minimum atomic E-state index is -3.56. The van der Waals surface area contributed by atoms with Crippen LogP contribution in [0.1, 0.15) is 19.4 Å². The van der Waals surface area contributed by atoms with Crippen molar-refractivity contribution in [2.24, 2.45) is 17.6 Å². The Morgan fingerprint density at radius 3 is 2.44 bits per heavy atom. The first-order chi connectivity index (χ1) is 11.2. The van der Waals surface area contributed by atoms with Gasteiger partial charge in [-0.25, -0.2) is 17.5 Å². The van der Waals surface area contributed by atoms with Gasteiger partial charge in [-0.3, -0.25) is 9.69 Å². The minimum Gasteiger partial charge on any atom is -0.369 e. The summed E-state index contributed by atoms with van der Waals surface area (Å²) in [4.78, 5) is 13.0. The zero-order valence-corrected chi connectivity index (χ0v) is 15.9. The highest BCUT2D eigenvalue weighted by Gasteiger charge is 2.37. The monoisotopic (exact) mass is 393 g/mol. The lowest BCUT2D eigenvalue weighted by atomic mass is 9.92. The smallest absolute Gasteiger partial charge is 0.231 e. The fourth-order valence-electron chi connectivity index (χ4n) is 3.14. The van der Waals surface area contributed by atoms with E-state index in [4.69, 9.17) is 5.73 Å². The third-order valence-corrected chi connectivity index (χ3v) is 5.65. The van der Waals surface area contributed by atoms with Crippen LogP contribution in [-0.4, -0.2) is 44.9 Å². The number of nitrogens with one attached hydrogen (secondary N) is 1. The van der Waals surface area contributed by atoms with Crippen molar-refractivity contribution in [3.8, 4) is 0 Å². The summed E-state index contributed by atoms with van der Waals surface area (Å²) >= 11 is 0. The average molecular weight is 394 g/mol. The summed E-state index contributed by atoms with van der Waals surface area (Å²) in [6.07, 6.45) is 0. The highest BCUT2D eigenvalue weighted by atomic mass is 35.5. The van der Waals surface area contributed by atoms with Crippen molar-refractivity contribution in [2.45, 2.75) is 25.6 Å². The molecule has 1 aliphatic heterocycles. The summed E-state index contributed by atoms with van der Waals surface area (Å²) in [5.74, 6) is -0.660. The van der Waals surface area contributed by atoms with Gasteiger partial charge in [-0.1, -0.05) is 26.0 Å². The second-order valence-corrected chi connectivity index (χ2v) is 8.43. The first-order valence-electron chi connectivity index (χ1n) is 7.91. The molecular formula is C16H25ClFN3O3S. The number of carbonyl (C=O) groups is 1.